The second-order valence-corrected chi connectivity index (χ2v) is 7.37. The van der Waals surface area contributed by atoms with E-state index in [1.807, 2.05) is 0 Å². The summed E-state index contributed by atoms with van der Waals surface area (Å²) in [4.78, 5) is 15.8. The number of carbonyl (C=O) groups is 1. The first-order chi connectivity index (χ1) is 11.5. The van der Waals surface area contributed by atoms with Gasteiger partial charge in [0.05, 0.1) is 11.9 Å². The summed E-state index contributed by atoms with van der Waals surface area (Å²) in [6.07, 6.45) is 2.90. The highest BCUT2D eigenvalue weighted by atomic mass is 32.2. The normalized spacial score (nSPS) is 11.0. The number of carbonyl (C=O) groups excluding carboxylic acids is 1. The Balaban J connectivity index is 1.74. The number of nitrogens with zero attached hydrogens (tertiary/aromatic N) is 3. The third-order valence-electron chi connectivity index (χ3n) is 2.81. The van der Waals surface area contributed by atoms with E-state index in [0.29, 0.717) is 11.3 Å². The number of hydrogen-bond acceptors (Lipinski definition) is 7. The molecule has 0 spiro atoms. The van der Waals surface area contributed by atoms with E-state index in [0.717, 1.165) is 11.3 Å². The van der Waals surface area contributed by atoms with Crippen molar-refractivity contribution in [2.24, 2.45) is 0 Å². The Bertz CT molecular complexity index is 943. The van der Waals surface area contributed by atoms with Crippen LogP contribution in [0.1, 0.15) is 10.4 Å². The standard InChI is InChI=1S/C14H11N5O3S2/c20-12(10-5-2-1-3-6-10)16-13-17-18-14(23-13)24(21,22)19-11-7-4-8-15-9-11/h1-9,19H,(H,16,17,20). The Morgan fingerprint density at radius 2 is 1.83 bits per heavy atom. The summed E-state index contributed by atoms with van der Waals surface area (Å²) >= 11 is 0.757. The van der Waals surface area contributed by atoms with Gasteiger partial charge in [-0.1, -0.05) is 29.5 Å². The Kier molecular flexibility index (Phi) is 4.49. The molecule has 0 unspecified atom stereocenters. The molecule has 122 valence electrons. The molecule has 0 aliphatic heterocycles. The molecular weight excluding hydrogens is 350 g/mol. The van der Waals surface area contributed by atoms with Crippen LogP contribution >= 0.6 is 11.3 Å². The third kappa shape index (κ3) is 3.73. The van der Waals surface area contributed by atoms with Crippen molar-refractivity contribution in [2.45, 2.75) is 4.34 Å². The molecule has 3 rings (SSSR count). The summed E-state index contributed by atoms with van der Waals surface area (Å²) in [5.74, 6) is -0.393. The zero-order valence-electron chi connectivity index (χ0n) is 12.1. The minimum atomic E-state index is -3.89. The van der Waals surface area contributed by atoms with Crippen molar-refractivity contribution in [3.8, 4) is 0 Å². The lowest BCUT2D eigenvalue weighted by atomic mass is 10.2. The molecule has 3 aromatic rings. The first kappa shape index (κ1) is 16.0. The fourth-order valence-electron chi connectivity index (χ4n) is 1.75. The van der Waals surface area contributed by atoms with Crippen molar-refractivity contribution >= 4 is 38.1 Å². The Hall–Kier alpha value is -2.85. The third-order valence-corrected chi connectivity index (χ3v) is 5.39. The van der Waals surface area contributed by atoms with E-state index in [-0.39, 0.29) is 9.47 Å². The van der Waals surface area contributed by atoms with Crippen molar-refractivity contribution in [1.82, 2.24) is 15.2 Å². The molecule has 24 heavy (non-hydrogen) atoms. The average molecular weight is 361 g/mol. The van der Waals surface area contributed by atoms with Crippen LogP contribution < -0.4 is 10.0 Å². The Labute approximate surface area is 141 Å². The second kappa shape index (κ2) is 6.72. The van der Waals surface area contributed by atoms with E-state index in [9.17, 15) is 13.2 Å². The molecule has 0 fully saturated rings. The number of anilines is 2. The van der Waals surface area contributed by atoms with Crippen LogP contribution in [0.15, 0.2) is 59.2 Å². The molecule has 0 aliphatic rings. The van der Waals surface area contributed by atoms with E-state index in [2.05, 4.69) is 25.2 Å². The fourth-order valence-corrected chi connectivity index (χ4v) is 3.69. The van der Waals surface area contributed by atoms with Crippen molar-refractivity contribution < 1.29 is 13.2 Å². The van der Waals surface area contributed by atoms with E-state index in [1.165, 1.54) is 12.4 Å². The molecule has 2 aromatic heterocycles. The zero-order valence-corrected chi connectivity index (χ0v) is 13.7. The summed E-state index contributed by atoms with van der Waals surface area (Å²) < 4.78 is 26.5. The second-order valence-electron chi connectivity index (χ2n) is 4.54. The number of benzene rings is 1. The lowest BCUT2D eigenvalue weighted by Crippen LogP contribution is -2.12. The first-order valence-corrected chi connectivity index (χ1v) is 8.97. The monoisotopic (exact) mass is 361 g/mol. The first-order valence-electron chi connectivity index (χ1n) is 6.67. The van der Waals surface area contributed by atoms with Gasteiger partial charge in [0.1, 0.15) is 0 Å². The lowest BCUT2D eigenvalue weighted by molar-refractivity contribution is 0.102. The molecule has 1 aromatic carbocycles. The summed E-state index contributed by atoms with van der Waals surface area (Å²) in [6, 6.07) is 11.7. The van der Waals surface area contributed by atoms with Crippen molar-refractivity contribution in [2.75, 3.05) is 10.0 Å². The van der Waals surface area contributed by atoms with Crippen LogP contribution in [-0.2, 0) is 10.0 Å². The van der Waals surface area contributed by atoms with Gasteiger partial charge in [-0.15, -0.1) is 10.2 Å². The topological polar surface area (TPSA) is 114 Å². The highest BCUT2D eigenvalue weighted by molar-refractivity contribution is 7.94. The molecule has 0 aliphatic carbocycles. The van der Waals surface area contributed by atoms with E-state index < -0.39 is 15.9 Å². The molecule has 0 bridgehead atoms. The minimum absolute atomic E-state index is 0.0930. The minimum Gasteiger partial charge on any atom is -0.296 e. The molecule has 1 amide bonds. The van der Waals surface area contributed by atoms with Gasteiger partial charge in [0.15, 0.2) is 0 Å². The van der Waals surface area contributed by atoms with Gasteiger partial charge in [-0.25, -0.2) is 0 Å². The quantitative estimate of drug-likeness (QED) is 0.672. The molecule has 0 radical (unpaired) electrons. The molecule has 0 atom stereocenters. The van der Waals surface area contributed by atoms with Gasteiger partial charge >= 0.3 is 0 Å². The number of rotatable bonds is 5. The number of nitrogens with one attached hydrogen (secondary N) is 2. The zero-order chi connectivity index (χ0) is 17.0. The van der Waals surface area contributed by atoms with Crippen LogP contribution in [0, 0.1) is 0 Å². The highest BCUT2D eigenvalue weighted by Crippen LogP contribution is 2.22. The van der Waals surface area contributed by atoms with Crippen molar-refractivity contribution in [1.29, 1.82) is 0 Å². The SMILES string of the molecule is O=C(Nc1nnc(S(=O)(=O)Nc2cccnc2)s1)c1ccccc1. The fraction of sp³-hybridized carbons (Fsp3) is 0. The number of hydrogen-bond donors (Lipinski definition) is 2. The highest BCUT2D eigenvalue weighted by Gasteiger charge is 2.21. The lowest BCUT2D eigenvalue weighted by Gasteiger charge is -2.03. The van der Waals surface area contributed by atoms with Gasteiger partial charge in [0.2, 0.25) is 5.13 Å². The van der Waals surface area contributed by atoms with Gasteiger partial charge in [-0.2, -0.15) is 8.42 Å². The molecule has 2 N–H and O–H groups in total. The molecular formula is C14H11N5O3S2. The van der Waals surface area contributed by atoms with Gasteiger partial charge in [0, 0.05) is 11.8 Å². The molecule has 0 saturated heterocycles. The van der Waals surface area contributed by atoms with Crippen molar-refractivity contribution in [3.05, 3.63) is 60.4 Å². The van der Waals surface area contributed by atoms with Gasteiger partial charge < -0.3 is 0 Å². The number of pyridine rings is 1. The number of amides is 1. The summed E-state index contributed by atoms with van der Waals surface area (Å²) in [5.41, 5.74) is 0.744. The van der Waals surface area contributed by atoms with E-state index in [4.69, 9.17) is 0 Å². The Morgan fingerprint density at radius 1 is 1.04 bits per heavy atom. The number of aromatic nitrogens is 3. The summed E-state index contributed by atoms with van der Waals surface area (Å²) in [7, 11) is -3.89. The van der Waals surface area contributed by atoms with E-state index >= 15 is 0 Å². The van der Waals surface area contributed by atoms with Crippen LogP contribution in [0.2, 0.25) is 0 Å². The van der Waals surface area contributed by atoms with E-state index in [1.54, 1.807) is 42.5 Å². The maximum absolute atomic E-state index is 12.2. The molecule has 10 heteroatoms. The summed E-state index contributed by atoms with van der Waals surface area (Å²) in [6.45, 7) is 0. The van der Waals surface area contributed by atoms with Crippen LogP contribution in [-0.4, -0.2) is 29.5 Å². The van der Waals surface area contributed by atoms with Crippen LogP contribution in [0.3, 0.4) is 0 Å². The maximum atomic E-state index is 12.2. The Morgan fingerprint density at radius 3 is 2.54 bits per heavy atom. The average Bonchev–Trinajstić information content (AvgIpc) is 3.06. The molecule has 8 nitrogen and oxygen atoms in total. The van der Waals surface area contributed by atoms with Crippen LogP contribution in [0.4, 0.5) is 10.8 Å². The predicted octanol–water partition coefficient (Wildman–Crippen LogP) is 1.99. The molecule has 0 saturated carbocycles. The maximum Gasteiger partial charge on any atom is 0.291 e. The van der Waals surface area contributed by atoms with Crippen LogP contribution in [0.5, 0.6) is 0 Å². The number of sulfonamides is 1. The van der Waals surface area contributed by atoms with Gasteiger partial charge in [-0.3, -0.25) is 19.8 Å². The molecule has 2 heterocycles. The van der Waals surface area contributed by atoms with Crippen molar-refractivity contribution in [3.63, 3.8) is 0 Å². The smallest absolute Gasteiger partial charge is 0.291 e. The van der Waals surface area contributed by atoms with Gasteiger partial charge in [0.25, 0.3) is 20.3 Å². The van der Waals surface area contributed by atoms with Crippen LogP contribution in [0.25, 0.3) is 0 Å². The largest absolute Gasteiger partial charge is 0.296 e. The predicted molar refractivity (Wildman–Crippen MR) is 89.3 cm³/mol. The summed E-state index contributed by atoms with van der Waals surface area (Å²) in [5, 5.41) is 9.91. The van der Waals surface area contributed by atoms with Gasteiger partial charge in [-0.05, 0) is 24.3 Å².